The number of ether oxygens (including phenoxy) is 1. The molecule has 0 spiro atoms. The maximum Gasteiger partial charge on any atom is 0.249 e. The zero-order valence-corrected chi connectivity index (χ0v) is 11.6. The third-order valence-corrected chi connectivity index (χ3v) is 3.50. The Balaban J connectivity index is 1.92. The van der Waals surface area contributed by atoms with Gasteiger partial charge in [0, 0.05) is 13.2 Å². The molecular weight excluding hydrogens is 240 g/mol. The average Bonchev–Trinajstić information content (AvgIpc) is 2.93. The number of carbonyl (C=O) groups excluding carboxylic acids is 1. The SMILES string of the molecule is CN(C)C(CNC(=O)C1CCCO1)c1ccccc1. The summed E-state index contributed by atoms with van der Waals surface area (Å²) >= 11 is 0. The van der Waals surface area contributed by atoms with Crippen molar-refractivity contribution < 1.29 is 9.53 Å². The van der Waals surface area contributed by atoms with Crippen LogP contribution in [-0.2, 0) is 9.53 Å². The Kier molecular flexibility index (Phi) is 4.93. The van der Waals surface area contributed by atoms with Crippen LogP contribution in [0.25, 0.3) is 0 Å². The van der Waals surface area contributed by atoms with Crippen molar-refractivity contribution in [1.29, 1.82) is 0 Å². The van der Waals surface area contributed by atoms with Gasteiger partial charge >= 0.3 is 0 Å². The highest BCUT2D eigenvalue weighted by molar-refractivity contribution is 5.81. The van der Waals surface area contributed by atoms with Gasteiger partial charge in [-0.1, -0.05) is 30.3 Å². The second kappa shape index (κ2) is 6.68. The Morgan fingerprint density at radius 3 is 2.74 bits per heavy atom. The molecule has 0 radical (unpaired) electrons. The van der Waals surface area contributed by atoms with E-state index in [-0.39, 0.29) is 18.1 Å². The van der Waals surface area contributed by atoms with E-state index in [0.29, 0.717) is 13.2 Å². The van der Waals surface area contributed by atoms with E-state index in [0.717, 1.165) is 12.8 Å². The highest BCUT2D eigenvalue weighted by Crippen LogP contribution is 2.17. The molecule has 4 heteroatoms. The summed E-state index contributed by atoms with van der Waals surface area (Å²) in [6.45, 7) is 1.31. The van der Waals surface area contributed by atoms with Gasteiger partial charge in [0.25, 0.3) is 0 Å². The second-order valence-electron chi connectivity index (χ2n) is 5.14. The lowest BCUT2D eigenvalue weighted by Gasteiger charge is -2.25. The molecule has 4 nitrogen and oxygen atoms in total. The summed E-state index contributed by atoms with van der Waals surface area (Å²) < 4.78 is 5.39. The minimum Gasteiger partial charge on any atom is -0.368 e. The minimum atomic E-state index is -0.251. The van der Waals surface area contributed by atoms with E-state index in [1.807, 2.05) is 32.3 Å². The van der Waals surface area contributed by atoms with Crippen molar-refractivity contribution in [2.75, 3.05) is 27.2 Å². The lowest BCUT2D eigenvalue weighted by molar-refractivity contribution is -0.130. The minimum absolute atomic E-state index is 0.0141. The molecule has 0 aliphatic carbocycles. The molecule has 2 rings (SSSR count). The van der Waals surface area contributed by atoms with Crippen LogP contribution in [0.1, 0.15) is 24.4 Å². The summed E-state index contributed by atoms with van der Waals surface area (Å²) in [5.74, 6) is 0.0141. The van der Waals surface area contributed by atoms with E-state index < -0.39 is 0 Å². The van der Waals surface area contributed by atoms with Gasteiger partial charge in [-0.3, -0.25) is 4.79 Å². The van der Waals surface area contributed by atoms with Crippen molar-refractivity contribution in [3.05, 3.63) is 35.9 Å². The summed E-state index contributed by atoms with van der Waals surface area (Å²) in [5.41, 5.74) is 1.21. The van der Waals surface area contributed by atoms with E-state index in [4.69, 9.17) is 4.74 Å². The Hall–Kier alpha value is -1.39. The monoisotopic (exact) mass is 262 g/mol. The molecule has 1 aliphatic heterocycles. The van der Waals surface area contributed by atoms with Crippen LogP contribution in [0.5, 0.6) is 0 Å². The van der Waals surface area contributed by atoms with Crippen LogP contribution in [0.15, 0.2) is 30.3 Å². The number of hydrogen-bond acceptors (Lipinski definition) is 3. The summed E-state index contributed by atoms with van der Waals surface area (Å²) in [5, 5.41) is 3.00. The summed E-state index contributed by atoms with van der Waals surface area (Å²) in [4.78, 5) is 14.1. The Labute approximate surface area is 114 Å². The van der Waals surface area contributed by atoms with Crippen molar-refractivity contribution in [3.8, 4) is 0 Å². The first-order valence-electron chi connectivity index (χ1n) is 6.79. The predicted octanol–water partition coefficient (Wildman–Crippen LogP) is 1.58. The van der Waals surface area contributed by atoms with Crippen LogP contribution >= 0.6 is 0 Å². The number of likely N-dealkylation sites (N-methyl/N-ethyl adjacent to an activating group) is 1. The standard InChI is InChI=1S/C15H22N2O2/c1-17(2)13(12-7-4-3-5-8-12)11-16-15(18)14-9-6-10-19-14/h3-5,7-8,13-14H,6,9-11H2,1-2H3,(H,16,18). The first-order valence-corrected chi connectivity index (χ1v) is 6.79. The number of benzene rings is 1. The third-order valence-electron chi connectivity index (χ3n) is 3.50. The fraction of sp³-hybridized carbons (Fsp3) is 0.533. The fourth-order valence-electron chi connectivity index (χ4n) is 2.37. The summed E-state index contributed by atoms with van der Waals surface area (Å²) in [6.07, 6.45) is 1.57. The van der Waals surface area contributed by atoms with Gasteiger partial charge in [0.15, 0.2) is 0 Å². The third kappa shape index (κ3) is 3.78. The Morgan fingerprint density at radius 2 is 2.16 bits per heavy atom. The van der Waals surface area contributed by atoms with Crippen LogP contribution in [-0.4, -0.2) is 44.2 Å². The molecule has 0 aromatic heterocycles. The van der Waals surface area contributed by atoms with Gasteiger partial charge in [0.2, 0.25) is 5.91 Å². The molecule has 1 fully saturated rings. The van der Waals surface area contributed by atoms with Gasteiger partial charge in [0.05, 0.1) is 6.04 Å². The van der Waals surface area contributed by atoms with Gasteiger partial charge in [-0.2, -0.15) is 0 Å². The zero-order valence-electron chi connectivity index (χ0n) is 11.6. The van der Waals surface area contributed by atoms with E-state index in [1.165, 1.54) is 5.56 Å². The Bertz CT molecular complexity index is 400. The van der Waals surface area contributed by atoms with E-state index in [2.05, 4.69) is 22.3 Å². The van der Waals surface area contributed by atoms with Crippen LogP contribution < -0.4 is 5.32 Å². The van der Waals surface area contributed by atoms with Gasteiger partial charge in [-0.05, 0) is 32.5 Å². The normalized spacial score (nSPS) is 20.5. The van der Waals surface area contributed by atoms with Crippen molar-refractivity contribution in [2.24, 2.45) is 0 Å². The number of carbonyl (C=O) groups is 1. The smallest absolute Gasteiger partial charge is 0.249 e. The maximum atomic E-state index is 11.9. The van der Waals surface area contributed by atoms with Crippen molar-refractivity contribution in [2.45, 2.75) is 25.0 Å². The molecule has 2 unspecified atom stereocenters. The lowest BCUT2D eigenvalue weighted by atomic mass is 10.1. The number of rotatable bonds is 5. The number of hydrogen-bond donors (Lipinski definition) is 1. The van der Waals surface area contributed by atoms with E-state index >= 15 is 0 Å². The summed E-state index contributed by atoms with van der Waals surface area (Å²) in [7, 11) is 4.05. The number of amides is 1. The van der Waals surface area contributed by atoms with Crippen molar-refractivity contribution >= 4 is 5.91 Å². The van der Waals surface area contributed by atoms with Gasteiger partial charge in [-0.25, -0.2) is 0 Å². The molecule has 1 heterocycles. The lowest BCUT2D eigenvalue weighted by Crippen LogP contribution is -2.39. The molecule has 2 atom stereocenters. The summed E-state index contributed by atoms with van der Waals surface area (Å²) in [6, 6.07) is 10.4. The molecule has 1 amide bonds. The van der Waals surface area contributed by atoms with Crippen LogP contribution in [0.2, 0.25) is 0 Å². The van der Waals surface area contributed by atoms with Crippen LogP contribution in [0, 0.1) is 0 Å². The first-order chi connectivity index (χ1) is 9.18. The zero-order chi connectivity index (χ0) is 13.7. The van der Waals surface area contributed by atoms with Gasteiger partial charge in [0.1, 0.15) is 6.10 Å². The molecular formula is C15H22N2O2. The molecule has 1 aromatic carbocycles. The highest BCUT2D eigenvalue weighted by atomic mass is 16.5. The molecule has 1 N–H and O–H groups in total. The molecule has 0 bridgehead atoms. The highest BCUT2D eigenvalue weighted by Gasteiger charge is 2.24. The molecule has 19 heavy (non-hydrogen) atoms. The molecule has 1 aromatic rings. The van der Waals surface area contributed by atoms with Gasteiger partial charge in [-0.15, -0.1) is 0 Å². The van der Waals surface area contributed by atoms with Crippen LogP contribution in [0.3, 0.4) is 0 Å². The molecule has 1 saturated heterocycles. The van der Waals surface area contributed by atoms with E-state index in [1.54, 1.807) is 0 Å². The maximum absolute atomic E-state index is 11.9. The second-order valence-corrected chi connectivity index (χ2v) is 5.14. The van der Waals surface area contributed by atoms with Crippen molar-refractivity contribution in [1.82, 2.24) is 10.2 Å². The molecule has 104 valence electrons. The van der Waals surface area contributed by atoms with Crippen LogP contribution in [0.4, 0.5) is 0 Å². The topological polar surface area (TPSA) is 41.6 Å². The largest absolute Gasteiger partial charge is 0.368 e. The Morgan fingerprint density at radius 1 is 1.42 bits per heavy atom. The molecule has 0 saturated carbocycles. The number of nitrogens with one attached hydrogen (secondary N) is 1. The fourth-order valence-corrected chi connectivity index (χ4v) is 2.37. The molecule has 1 aliphatic rings. The average molecular weight is 262 g/mol. The van der Waals surface area contributed by atoms with Gasteiger partial charge < -0.3 is 15.0 Å². The predicted molar refractivity (Wildman–Crippen MR) is 74.9 cm³/mol. The van der Waals surface area contributed by atoms with Crippen molar-refractivity contribution in [3.63, 3.8) is 0 Å². The quantitative estimate of drug-likeness (QED) is 0.876. The van der Waals surface area contributed by atoms with E-state index in [9.17, 15) is 4.79 Å². The number of nitrogens with zero attached hydrogens (tertiary/aromatic N) is 1. The first kappa shape index (κ1) is 14.0.